The molecule has 0 saturated carbocycles. The van der Waals surface area contributed by atoms with Gasteiger partial charge in [-0.2, -0.15) is 0 Å². The minimum atomic E-state index is 0.856. The van der Waals surface area contributed by atoms with E-state index in [1.54, 1.807) is 0 Å². The van der Waals surface area contributed by atoms with E-state index in [0.29, 0.717) is 0 Å². The summed E-state index contributed by atoms with van der Waals surface area (Å²) in [4.78, 5) is 5.09. The Morgan fingerprint density at radius 1 is 1.33 bits per heavy atom. The van der Waals surface area contributed by atoms with E-state index in [4.69, 9.17) is 5.73 Å². The highest BCUT2D eigenvalue weighted by Gasteiger charge is 2.21. The van der Waals surface area contributed by atoms with Gasteiger partial charge >= 0.3 is 0 Å². The van der Waals surface area contributed by atoms with Crippen molar-refractivity contribution in [1.82, 2.24) is 9.80 Å². The topological polar surface area (TPSA) is 32.5 Å². The molecule has 3 nitrogen and oxygen atoms in total. The molecule has 0 bridgehead atoms. The lowest BCUT2D eigenvalue weighted by molar-refractivity contribution is 0.236. The van der Waals surface area contributed by atoms with Crippen molar-refractivity contribution in [2.75, 3.05) is 45.8 Å². The van der Waals surface area contributed by atoms with Gasteiger partial charge in [0.15, 0.2) is 0 Å². The van der Waals surface area contributed by atoms with Crippen LogP contribution >= 0.6 is 0 Å². The van der Waals surface area contributed by atoms with Gasteiger partial charge < -0.3 is 15.5 Å². The van der Waals surface area contributed by atoms with Crippen LogP contribution < -0.4 is 5.73 Å². The van der Waals surface area contributed by atoms with Crippen LogP contribution in [0.5, 0.6) is 0 Å². The predicted molar refractivity (Wildman–Crippen MR) is 66.0 cm³/mol. The maximum Gasteiger partial charge on any atom is 0.0109 e. The zero-order valence-corrected chi connectivity index (χ0v) is 10.4. The number of hydrogen-bond donors (Lipinski definition) is 1. The van der Waals surface area contributed by atoms with Crippen molar-refractivity contribution in [2.45, 2.75) is 26.7 Å². The summed E-state index contributed by atoms with van der Waals surface area (Å²) in [5.41, 5.74) is 5.59. The molecule has 1 rings (SSSR count). The quantitative estimate of drug-likeness (QED) is 0.685. The van der Waals surface area contributed by atoms with Gasteiger partial charge in [-0.3, -0.25) is 0 Å². The molecule has 1 fully saturated rings. The fourth-order valence-corrected chi connectivity index (χ4v) is 2.41. The Kier molecular flexibility index (Phi) is 6.22. The zero-order valence-electron chi connectivity index (χ0n) is 10.4. The molecule has 0 aliphatic carbocycles. The Hall–Kier alpha value is -0.120. The first-order valence-corrected chi connectivity index (χ1v) is 6.44. The SMILES string of the molecule is CCN(CC)CCN1CCC(CCN)C1. The molecule has 1 unspecified atom stereocenters. The number of hydrogen-bond acceptors (Lipinski definition) is 3. The Balaban J connectivity index is 2.13. The van der Waals surface area contributed by atoms with Gasteiger partial charge in [-0.05, 0) is 44.9 Å². The Bertz CT molecular complexity index is 157. The summed E-state index contributed by atoms with van der Waals surface area (Å²) in [6.45, 7) is 12.7. The molecule has 15 heavy (non-hydrogen) atoms. The van der Waals surface area contributed by atoms with E-state index in [0.717, 1.165) is 12.5 Å². The summed E-state index contributed by atoms with van der Waals surface area (Å²) in [5.74, 6) is 0.867. The molecule has 1 saturated heterocycles. The van der Waals surface area contributed by atoms with Crippen molar-refractivity contribution >= 4 is 0 Å². The molecule has 0 aromatic rings. The highest BCUT2D eigenvalue weighted by atomic mass is 15.2. The molecule has 0 aromatic carbocycles. The van der Waals surface area contributed by atoms with E-state index in [1.165, 1.54) is 52.1 Å². The largest absolute Gasteiger partial charge is 0.330 e. The van der Waals surface area contributed by atoms with Crippen LogP contribution in [-0.4, -0.2) is 55.6 Å². The van der Waals surface area contributed by atoms with Crippen LogP contribution in [0.4, 0.5) is 0 Å². The molecule has 0 spiro atoms. The van der Waals surface area contributed by atoms with Crippen molar-refractivity contribution < 1.29 is 0 Å². The number of nitrogens with zero attached hydrogens (tertiary/aromatic N) is 2. The van der Waals surface area contributed by atoms with E-state index < -0.39 is 0 Å². The van der Waals surface area contributed by atoms with Gasteiger partial charge in [-0.1, -0.05) is 13.8 Å². The van der Waals surface area contributed by atoms with Crippen LogP contribution in [0.3, 0.4) is 0 Å². The number of likely N-dealkylation sites (tertiary alicyclic amines) is 1. The lowest BCUT2D eigenvalue weighted by Crippen LogP contribution is -2.34. The van der Waals surface area contributed by atoms with Gasteiger partial charge in [0.2, 0.25) is 0 Å². The van der Waals surface area contributed by atoms with Crippen LogP contribution in [0, 0.1) is 5.92 Å². The maximum atomic E-state index is 5.59. The number of rotatable bonds is 7. The third-order valence-corrected chi connectivity index (χ3v) is 3.57. The van der Waals surface area contributed by atoms with Crippen LogP contribution in [0.2, 0.25) is 0 Å². The van der Waals surface area contributed by atoms with Gasteiger partial charge in [0.05, 0.1) is 0 Å². The second kappa shape index (κ2) is 7.20. The van der Waals surface area contributed by atoms with Crippen molar-refractivity contribution in [3.63, 3.8) is 0 Å². The van der Waals surface area contributed by atoms with Crippen molar-refractivity contribution in [2.24, 2.45) is 11.7 Å². The van der Waals surface area contributed by atoms with Crippen LogP contribution in [0.15, 0.2) is 0 Å². The molecule has 1 aliphatic heterocycles. The molecule has 1 aliphatic rings. The fraction of sp³-hybridized carbons (Fsp3) is 1.00. The summed E-state index contributed by atoms with van der Waals surface area (Å²) in [6.07, 6.45) is 2.57. The zero-order chi connectivity index (χ0) is 11.1. The Morgan fingerprint density at radius 2 is 2.07 bits per heavy atom. The Morgan fingerprint density at radius 3 is 2.67 bits per heavy atom. The summed E-state index contributed by atoms with van der Waals surface area (Å²) in [5, 5.41) is 0. The third-order valence-electron chi connectivity index (χ3n) is 3.57. The van der Waals surface area contributed by atoms with Crippen molar-refractivity contribution in [3.8, 4) is 0 Å². The van der Waals surface area contributed by atoms with Gasteiger partial charge in [0.25, 0.3) is 0 Å². The van der Waals surface area contributed by atoms with Crippen molar-refractivity contribution in [3.05, 3.63) is 0 Å². The first-order valence-electron chi connectivity index (χ1n) is 6.44. The third kappa shape index (κ3) is 4.49. The molecule has 0 aromatic heterocycles. The minimum absolute atomic E-state index is 0.856. The highest BCUT2D eigenvalue weighted by Crippen LogP contribution is 2.18. The van der Waals surface area contributed by atoms with Crippen LogP contribution in [-0.2, 0) is 0 Å². The van der Waals surface area contributed by atoms with Gasteiger partial charge in [0, 0.05) is 19.6 Å². The van der Waals surface area contributed by atoms with Gasteiger partial charge in [0.1, 0.15) is 0 Å². The molecule has 0 radical (unpaired) electrons. The van der Waals surface area contributed by atoms with E-state index in [2.05, 4.69) is 23.6 Å². The normalized spacial score (nSPS) is 22.8. The van der Waals surface area contributed by atoms with Crippen LogP contribution in [0.25, 0.3) is 0 Å². The standard InChI is InChI=1S/C12H27N3/c1-3-14(4-2)9-10-15-8-6-12(11-15)5-7-13/h12H,3-11,13H2,1-2H3. The summed E-state index contributed by atoms with van der Waals surface area (Å²) < 4.78 is 0. The van der Waals surface area contributed by atoms with E-state index in [1.807, 2.05) is 0 Å². The fourth-order valence-electron chi connectivity index (χ4n) is 2.41. The number of likely N-dealkylation sites (N-methyl/N-ethyl adjacent to an activating group) is 1. The average molecular weight is 213 g/mol. The first kappa shape index (κ1) is 12.9. The lowest BCUT2D eigenvalue weighted by atomic mass is 10.1. The smallest absolute Gasteiger partial charge is 0.0109 e. The molecular weight excluding hydrogens is 186 g/mol. The number of nitrogens with two attached hydrogens (primary N) is 1. The molecule has 3 heteroatoms. The molecule has 0 amide bonds. The van der Waals surface area contributed by atoms with Crippen LogP contribution in [0.1, 0.15) is 26.7 Å². The van der Waals surface area contributed by atoms with Crippen molar-refractivity contribution in [1.29, 1.82) is 0 Å². The van der Waals surface area contributed by atoms with E-state index in [9.17, 15) is 0 Å². The second-order valence-corrected chi connectivity index (χ2v) is 4.56. The monoisotopic (exact) mass is 213 g/mol. The second-order valence-electron chi connectivity index (χ2n) is 4.56. The summed E-state index contributed by atoms with van der Waals surface area (Å²) in [6, 6.07) is 0. The lowest BCUT2D eigenvalue weighted by Gasteiger charge is -2.22. The molecule has 90 valence electrons. The average Bonchev–Trinajstić information content (AvgIpc) is 2.68. The molecule has 1 heterocycles. The molecule has 1 atom stereocenters. The van der Waals surface area contributed by atoms with Gasteiger partial charge in [-0.25, -0.2) is 0 Å². The summed E-state index contributed by atoms with van der Waals surface area (Å²) in [7, 11) is 0. The minimum Gasteiger partial charge on any atom is -0.330 e. The maximum absolute atomic E-state index is 5.59. The Labute approximate surface area is 94.6 Å². The predicted octanol–water partition coefficient (Wildman–Crippen LogP) is 0.999. The highest BCUT2D eigenvalue weighted by molar-refractivity contribution is 4.76. The summed E-state index contributed by atoms with van der Waals surface area (Å²) >= 11 is 0. The van der Waals surface area contributed by atoms with E-state index >= 15 is 0 Å². The van der Waals surface area contributed by atoms with Gasteiger partial charge in [-0.15, -0.1) is 0 Å². The molecule has 2 N–H and O–H groups in total. The molecular formula is C12H27N3. The first-order chi connectivity index (χ1) is 7.30. The van der Waals surface area contributed by atoms with E-state index in [-0.39, 0.29) is 0 Å².